The number of ether oxygens (including phenoxy) is 1. The molecule has 0 N–H and O–H groups in total. The fourth-order valence-electron chi connectivity index (χ4n) is 2.40. The third-order valence-electron chi connectivity index (χ3n) is 3.85. The topological polar surface area (TPSA) is 108 Å². The summed E-state index contributed by atoms with van der Waals surface area (Å²) >= 11 is 0. The summed E-state index contributed by atoms with van der Waals surface area (Å²) in [5, 5.41) is 8.30. The molecule has 0 bridgehead atoms. The monoisotopic (exact) mass is 377 g/mol. The number of hydrogen-bond donors (Lipinski definition) is 0. The van der Waals surface area contributed by atoms with E-state index in [4.69, 9.17) is 5.26 Å². The van der Waals surface area contributed by atoms with Crippen molar-refractivity contribution in [2.24, 2.45) is 0 Å². The molecule has 1 aliphatic heterocycles. The predicted octanol–water partition coefficient (Wildman–Crippen LogP) is 0.451. The molecule has 0 atom stereocenters. The minimum atomic E-state index is -3.59. The van der Waals surface area contributed by atoms with Crippen molar-refractivity contribution in [2.75, 3.05) is 32.8 Å². The molecule has 0 aliphatic carbocycles. The molecule has 2 rings (SSSR count). The number of esters is 1. The lowest BCUT2D eigenvalue weighted by molar-refractivity contribution is -0.137. The van der Waals surface area contributed by atoms with Crippen LogP contribution < -0.4 is 0 Å². The summed E-state index contributed by atoms with van der Waals surface area (Å²) in [5.41, 5.74) is 0.972. The Morgan fingerprint density at radius 1 is 1.15 bits per heavy atom. The highest BCUT2D eigenvalue weighted by Crippen LogP contribution is 2.18. The van der Waals surface area contributed by atoms with Crippen LogP contribution in [0, 0.1) is 18.3 Å². The SMILES string of the molecule is Cc1ccc(S(=O)(=O)N2CCN(C(=O)/C=C/C(=O)OCC#N)CC2)cc1. The van der Waals surface area contributed by atoms with Crippen molar-refractivity contribution in [1.29, 1.82) is 5.26 Å². The predicted molar refractivity (Wildman–Crippen MR) is 92.2 cm³/mol. The standard InChI is InChI=1S/C17H19N3O5S/c1-14-2-4-15(5-3-14)26(23,24)20-11-9-19(10-12-20)16(21)6-7-17(22)25-13-8-18/h2-7H,9-13H2,1H3/b7-6+. The molecule has 0 aromatic heterocycles. The lowest BCUT2D eigenvalue weighted by atomic mass is 10.2. The number of nitriles is 1. The van der Waals surface area contributed by atoms with Crippen LogP contribution in [0.3, 0.4) is 0 Å². The molecular weight excluding hydrogens is 358 g/mol. The number of nitrogens with zero attached hydrogens (tertiary/aromatic N) is 3. The quantitative estimate of drug-likeness (QED) is 0.545. The summed E-state index contributed by atoms with van der Waals surface area (Å²) in [5.74, 6) is -1.19. The van der Waals surface area contributed by atoms with Crippen molar-refractivity contribution in [3.63, 3.8) is 0 Å². The lowest BCUT2D eigenvalue weighted by Gasteiger charge is -2.33. The lowest BCUT2D eigenvalue weighted by Crippen LogP contribution is -2.50. The van der Waals surface area contributed by atoms with Crippen LogP contribution in [0.2, 0.25) is 0 Å². The second-order valence-corrected chi connectivity index (χ2v) is 7.58. The molecular formula is C17H19N3O5S. The number of hydrogen-bond acceptors (Lipinski definition) is 6. The van der Waals surface area contributed by atoms with Gasteiger partial charge in [0.15, 0.2) is 6.61 Å². The van der Waals surface area contributed by atoms with E-state index in [2.05, 4.69) is 4.74 Å². The molecule has 1 amide bonds. The van der Waals surface area contributed by atoms with E-state index in [-0.39, 0.29) is 37.7 Å². The van der Waals surface area contributed by atoms with Crippen LogP contribution in [0.1, 0.15) is 5.56 Å². The molecule has 0 unspecified atom stereocenters. The van der Waals surface area contributed by atoms with Gasteiger partial charge >= 0.3 is 5.97 Å². The molecule has 8 nitrogen and oxygen atoms in total. The Morgan fingerprint density at radius 2 is 1.77 bits per heavy atom. The number of amides is 1. The minimum absolute atomic E-state index is 0.175. The zero-order valence-corrected chi connectivity index (χ0v) is 15.1. The molecule has 0 radical (unpaired) electrons. The van der Waals surface area contributed by atoms with Crippen LogP contribution in [0.4, 0.5) is 0 Å². The molecule has 1 aliphatic rings. The van der Waals surface area contributed by atoms with Crippen molar-refractivity contribution in [1.82, 2.24) is 9.21 Å². The first-order chi connectivity index (χ1) is 12.3. The summed E-state index contributed by atoms with van der Waals surface area (Å²) in [6.45, 7) is 2.30. The van der Waals surface area contributed by atoms with Crippen LogP contribution in [0.25, 0.3) is 0 Å². The highest BCUT2D eigenvalue weighted by molar-refractivity contribution is 7.89. The molecule has 1 aromatic carbocycles. The van der Waals surface area contributed by atoms with Gasteiger partial charge < -0.3 is 9.64 Å². The summed E-state index contributed by atoms with van der Waals surface area (Å²) in [6, 6.07) is 8.26. The van der Waals surface area contributed by atoms with Crippen LogP contribution in [0.5, 0.6) is 0 Å². The second-order valence-electron chi connectivity index (χ2n) is 5.64. The smallest absolute Gasteiger partial charge is 0.331 e. The largest absolute Gasteiger partial charge is 0.447 e. The van der Waals surface area contributed by atoms with Gasteiger partial charge in [0.25, 0.3) is 0 Å². The van der Waals surface area contributed by atoms with Gasteiger partial charge in [-0.15, -0.1) is 0 Å². The highest BCUT2D eigenvalue weighted by atomic mass is 32.2. The average molecular weight is 377 g/mol. The van der Waals surface area contributed by atoms with Gasteiger partial charge in [-0.05, 0) is 19.1 Å². The van der Waals surface area contributed by atoms with E-state index in [0.717, 1.165) is 17.7 Å². The Morgan fingerprint density at radius 3 is 2.35 bits per heavy atom. The van der Waals surface area contributed by atoms with Crippen molar-refractivity contribution in [3.8, 4) is 6.07 Å². The van der Waals surface area contributed by atoms with Gasteiger partial charge in [0.05, 0.1) is 4.90 Å². The first-order valence-electron chi connectivity index (χ1n) is 7.92. The third kappa shape index (κ3) is 4.91. The van der Waals surface area contributed by atoms with Crippen LogP contribution in [-0.4, -0.2) is 62.3 Å². The number of aryl methyl sites for hydroxylation is 1. The Bertz CT molecular complexity index is 832. The van der Waals surface area contributed by atoms with Gasteiger partial charge in [-0.25, -0.2) is 13.2 Å². The molecule has 1 heterocycles. The molecule has 0 saturated carbocycles. The van der Waals surface area contributed by atoms with Gasteiger partial charge in [0.2, 0.25) is 15.9 Å². The molecule has 1 saturated heterocycles. The maximum atomic E-state index is 12.6. The third-order valence-corrected chi connectivity index (χ3v) is 5.76. The Kier molecular flexibility index (Phi) is 6.49. The van der Waals surface area contributed by atoms with Crippen LogP contribution in [-0.2, 0) is 24.3 Å². The van der Waals surface area contributed by atoms with Gasteiger partial charge in [0, 0.05) is 38.3 Å². The molecule has 138 valence electrons. The summed E-state index contributed by atoms with van der Waals surface area (Å²) in [7, 11) is -3.59. The highest BCUT2D eigenvalue weighted by Gasteiger charge is 2.29. The van der Waals surface area contributed by atoms with Gasteiger partial charge in [-0.1, -0.05) is 17.7 Å². The van der Waals surface area contributed by atoms with Gasteiger partial charge in [-0.2, -0.15) is 9.57 Å². The van der Waals surface area contributed by atoms with E-state index in [9.17, 15) is 18.0 Å². The van der Waals surface area contributed by atoms with Crippen LogP contribution in [0.15, 0.2) is 41.3 Å². The molecule has 26 heavy (non-hydrogen) atoms. The maximum Gasteiger partial charge on any atom is 0.331 e. The van der Waals surface area contributed by atoms with E-state index >= 15 is 0 Å². The fraction of sp³-hybridized carbons (Fsp3) is 0.353. The Balaban J connectivity index is 1.93. The van der Waals surface area contributed by atoms with E-state index in [1.54, 1.807) is 30.3 Å². The summed E-state index contributed by atoms with van der Waals surface area (Å²) in [6.07, 6.45) is 2.01. The van der Waals surface area contributed by atoms with E-state index < -0.39 is 21.9 Å². The van der Waals surface area contributed by atoms with Gasteiger partial charge in [0.1, 0.15) is 6.07 Å². The number of carbonyl (C=O) groups is 2. The minimum Gasteiger partial charge on any atom is -0.447 e. The normalized spacial score (nSPS) is 15.6. The first-order valence-corrected chi connectivity index (χ1v) is 9.36. The second kappa shape index (κ2) is 8.60. The van der Waals surface area contributed by atoms with Crippen molar-refractivity contribution in [3.05, 3.63) is 42.0 Å². The Hall–Kier alpha value is -2.70. The number of sulfonamides is 1. The maximum absolute atomic E-state index is 12.6. The number of benzene rings is 1. The number of carbonyl (C=O) groups excluding carboxylic acids is 2. The van der Waals surface area contributed by atoms with Gasteiger partial charge in [-0.3, -0.25) is 4.79 Å². The fourth-order valence-corrected chi connectivity index (χ4v) is 3.83. The Labute approximate surface area is 152 Å². The van der Waals surface area contributed by atoms with Crippen molar-refractivity contribution in [2.45, 2.75) is 11.8 Å². The van der Waals surface area contributed by atoms with E-state index in [0.29, 0.717) is 0 Å². The van der Waals surface area contributed by atoms with Crippen molar-refractivity contribution >= 4 is 21.9 Å². The summed E-state index contributed by atoms with van der Waals surface area (Å²) < 4.78 is 31.1. The number of rotatable bonds is 5. The number of piperazine rings is 1. The average Bonchev–Trinajstić information content (AvgIpc) is 2.64. The van der Waals surface area contributed by atoms with E-state index in [1.165, 1.54) is 9.21 Å². The van der Waals surface area contributed by atoms with E-state index in [1.807, 2.05) is 6.92 Å². The molecule has 9 heteroatoms. The summed E-state index contributed by atoms with van der Waals surface area (Å²) in [4.78, 5) is 25.0. The zero-order valence-electron chi connectivity index (χ0n) is 14.3. The first kappa shape index (κ1) is 19.6. The molecule has 1 aromatic rings. The van der Waals surface area contributed by atoms with Crippen molar-refractivity contribution < 1.29 is 22.7 Å². The van der Waals surface area contributed by atoms with Crippen LogP contribution >= 0.6 is 0 Å². The molecule has 0 spiro atoms. The molecule has 1 fully saturated rings. The zero-order chi connectivity index (χ0) is 19.2.